The van der Waals surface area contributed by atoms with Gasteiger partial charge in [-0.2, -0.15) is 0 Å². The fourth-order valence-electron chi connectivity index (χ4n) is 3.21. The van der Waals surface area contributed by atoms with Crippen LogP contribution in [0.15, 0.2) is 30.3 Å². The third kappa shape index (κ3) is 4.90. The third-order valence-corrected chi connectivity index (χ3v) is 7.05. The highest BCUT2D eigenvalue weighted by molar-refractivity contribution is 7.99. The molecule has 1 fully saturated rings. The lowest BCUT2D eigenvalue weighted by molar-refractivity contribution is -0.130. The maximum absolute atomic E-state index is 12.4. The van der Waals surface area contributed by atoms with Crippen LogP contribution in [0.2, 0.25) is 4.34 Å². The summed E-state index contributed by atoms with van der Waals surface area (Å²) in [6.07, 6.45) is 0. The molecule has 2 aromatic rings. The molecule has 27 heavy (non-hydrogen) atoms. The lowest BCUT2D eigenvalue weighted by Crippen LogP contribution is -2.48. The lowest BCUT2D eigenvalue weighted by Gasteiger charge is -2.34. The SMILES string of the molecule is O=C(CSCc1ccc(Cl)s1)N1CCN(Cc2ccc3c(c2)OCO3)CC1. The zero-order valence-electron chi connectivity index (χ0n) is 14.9. The van der Waals surface area contributed by atoms with Crippen molar-refractivity contribution in [2.75, 3.05) is 38.7 Å². The van der Waals surface area contributed by atoms with E-state index in [2.05, 4.69) is 11.0 Å². The standard InChI is InChI=1S/C19H21ClN2O3S2/c20-18-4-2-15(27-18)11-26-12-19(23)22-7-5-21(6-8-22)10-14-1-3-16-17(9-14)25-13-24-16/h1-4,9H,5-8,10-13H2. The van der Waals surface area contributed by atoms with Gasteiger partial charge in [0.05, 0.1) is 10.1 Å². The van der Waals surface area contributed by atoms with Crippen molar-refractivity contribution >= 4 is 40.6 Å². The number of thiophene rings is 1. The summed E-state index contributed by atoms with van der Waals surface area (Å²) in [4.78, 5) is 18.0. The Labute approximate surface area is 172 Å². The van der Waals surface area contributed by atoms with Crippen molar-refractivity contribution in [3.63, 3.8) is 0 Å². The molecule has 8 heteroatoms. The first kappa shape index (κ1) is 18.9. The number of hydrogen-bond acceptors (Lipinski definition) is 6. The first-order valence-corrected chi connectivity index (χ1v) is 11.2. The molecule has 5 nitrogen and oxygen atoms in total. The van der Waals surface area contributed by atoms with Gasteiger partial charge in [0.1, 0.15) is 0 Å². The smallest absolute Gasteiger partial charge is 0.232 e. The molecule has 0 radical (unpaired) electrons. The number of thioether (sulfide) groups is 1. The molecule has 0 bridgehead atoms. The second-order valence-electron chi connectivity index (χ2n) is 6.54. The highest BCUT2D eigenvalue weighted by Crippen LogP contribution is 2.33. The van der Waals surface area contributed by atoms with Crippen molar-refractivity contribution in [2.24, 2.45) is 0 Å². The molecule has 1 aromatic carbocycles. The zero-order valence-corrected chi connectivity index (χ0v) is 17.2. The molecule has 0 spiro atoms. The van der Waals surface area contributed by atoms with Crippen LogP contribution in [0.25, 0.3) is 0 Å². The molecule has 4 rings (SSSR count). The minimum Gasteiger partial charge on any atom is -0.454 e. The predicted octanol–water partition coefficient (Wildman–Crippen LogP) is 3.71. The number of ether oxygens (including phenoxy) is 2. The maximum atomic E-state index is 12.4. The first-order chi connectivity index (χ1) is 13.2. The van der Waals surface area contributed by atoms with Gasteiger partial charge in [-0.15, -0.1) is 23.1 Å². The number of carbonyl (C=O) groups is 1. The van der Waals surface area contributed by atoms with E-state index < -0.39 is 0 Å². The van der Waals surface area contributed by atoms with Crippen molar-refractivity contribution in [3.05, 3.63) is 45.1 Å². The monoisotopic (exact) mass is 424 g/mol. The molecule has 0 saturated carbocycles. The van der Waals surface area contributed by atoms with Gasteiger partial charge in [-0.05, 0) is 29.8 Å². The summed E-state index contributed by atoms with van der Waals surface area (Å²) in [6.45, 7) is 4.53. The summed E-state index contributed by atoms with van der Waals surface area (Å²) < 4.78 is 11.6. The second kappa shape index (κ2) is 8.73. The van der Waals surface area contributed by atoms with E-state index in [-0.39, 0.29) is 5.91 Å². The average Bonchev–Trinajstić information content (AvgIpc) is 3.30. The number of carbonyl (C=O) groups excluding carboxylic acids is 1. The van der Waals surface area contributed by atoms with Gasteiger partial charge in [-0.3, -0.25) is 9.69 Å². The van der Waals surface area contributed by atoms with Gasteiger partial charge in [0.25, 0.3) is 0 Å². The van der Waals surface area contributed by atoms with Gasteiger partial charge in [0, 0.05) is 43.4 Å². The quantitative estimate of drug-likeness (QED) is 0.707. The van der Waals surface area contributed by atoms with Gasteiger partial charge in [0.15, 0.2) is 11.5 Å². The zero-order chi connectivity index (χ0) is 18.6. The Bertz CT molecular complexity index is 806. The van der Waals surface area contributed by atoms with E-state index in [0.29, 0.717) is 12.5 Å². The number of fused-ring (bicyclic) bond motifs is 1. The van der Waals surface area contributed by atoms with Crippen molar-refractivity contribution in [1.29, 1.82) is 0 Å². The van der Waals surface area contributed by atoms with Gasteiger partial charge in [-0.25, -0.2) is 0 Å². The lowest BCUT2D eigenvalue weighted by atomic mass is 10.1. The molecule has 1 aromatic heterocycles. The van der Waals surface area contributed by atoms with E-state index in [1.807, 2.05) is 29.2 Å². The fraction of sp³-hybridized carbons (Fsp3) is 0.421. The van der Waals surface area contributed by atoms with Crippen LogP contribution in [0.1, 0.15) is 10.4 Å². The van der Waals surface area contributed by atoms with E-state index in [1.165, 1.54) is 10.4 Å². The van der Waals surface area contributed by atoms with E-state index in [4.69, 9.17) is 21.1 Å². The molecule has 144 valence electrons. The predicted molar refractivity (Wildman–Crippen MR) is 110 cm³/mol. The summed E-state index contributed by atoms with van der Waals surface area (Å²) in [6, 6.07) is 10.0. The van der Waals surface area contributed by atoms with E-state index in [0.717, 1.165) is 54.3 Å². The molecule has 0 aliphatic carbocycles. The Kier molecular flexibility index (Phi) is 6.12. The van der Waals surface area contributed by atoms with Gasteiger partial charge in [0.2, 0.25) is 12.7 Å². The molecule has 2 aliphatic heterocycles. The fourth-order valence-corrected chi connectivity index (χ4v) is 5.34. The van der Waals surface area contributed by atoms with Gasteiger partial charge in [-0.1, -0.05) is 17.7 Å². The van der Waals surface area contributed by atoms with Gasteiger partial charge >= 0.3 is 0 Å². The molecular weight excluding hydrogens is 404 g/mol. The van der Waals surface area contributed by atoms with Crippen LogP contribution in [-0.4, -0.2) is 54.4 Å². The van der Waals surface area contributed by atoms with Crippen molar-refractivity contribution in [1.82, 2.24) is 9.80 Å². The highest BCUT2D eigenvalue weighted by Gasteiger charge is 2.22. The number of piperazine rings is 1. The van der Waals surface area contributed by atoms with Gasteiger partial charge < -0.3 is 14.4 Å². The van der Waals surface area contributed by atoms with E-state index >= 15 is 0 Å². The molecule has 2 aliphatic rings. The number of benzene rings is 1. The maximum Gasteiger partial charge on any atom is 0.232 e. The number of hydrogen-bond donors (Lipinski definition) is 0. The molecule has 0 unspecified atom stereocenters. The van der Waals surface area contributed by atoms with Crippen LogP contribution in [0.3, 0.4) is 0 Å². The summed E-state index contributed by atoms with van der Waals surface area (Å²) in [5.41, 5.74) is 1.21. The number of nitrogens with zero attached hydrogens (tertiary/aromatic N) is 2. The van der Waals surface area contributed by atoms with Crippen LogP contribution in [0, 0.1) is 0 Å². The Morgan fingerprint density at radius 2 is 1.93 bits per heavy atom. The van der Waals surface area contributed by atoms with Crippen LogP contribution >= 0.6 is 34.7 Å². The Morgan fingerprint density at radius 1 is 1.11 bits per heavy atom. The van der Waals surface area contributed by atoms with Crippen molar-refractivity contribution in [2.45, 2.75) is 12.3 Å². The van der Waals surface area contributed by atoms with Crippen LogP contribution in [0.4, 0.5) is 0 Å². The number of amides is 1. The minimum atomic E-state index is 0.227. The van der Waals surface area contributed by atoms with Crippen LogP contribution in [-0.2, 0) is 17.1 Å². The third-order valence-electron chi connectivity index (χ3n) is 4.67. The van der Waals surface area contributed by atoms with E-state index in [9.17, 15) is 4.79 Å². The second-order valence-corrected chi connectivity index (χ2v) is 9.33. The van der Waals surface area contributed by atoms with E-state index in [1.54, 1.807) is 23.1 Å². The Hall–Kier alpha value is -1.41. The highest BCUT2D eigenvalue weighted by atomic mass is 35.5. The summed E-state index contributed by atoms with van der Waals surface area (Å²) in [7, 11) is 0. The Morgan fingerprint density at radius 3 is 2.70 bits per heavy atom. The molecule has 1 amide bonds. The minimum absolute atomic E-state index is 0.227. The normalized spacial score (nSPS) is 16.7. The molecular formula is C19H21ClN2O3S2. The molecule has 1 saturated heterocycles. The van der Waals surface area contributed by atoms with Crippen molar-refractivity contribution in [3.8, 4) is 11.5 Å². The summed E-state index contributed by atoms with van der Waals surface area (Å²) in [5, 5.41) is 0. The molecule has 0 N–H and O–H groups in total. The topological polar surface area (TPSA) is 42.0 Å². The largest absolute Gasteiger partial charge is 0.454 e. The van der Waals surface area contributed by atoms with Crippen LogP contribution < -0.4 is 9.47 Å². The van der Waals surface area contributed by atoms with Crippen LogP contribution in [0.5, 0.6) is 11.5 Å². The molecule has 0 atom stereocenters. The summed E-state index contributed by atoms with van der Waals surface area (Å²) >= 11 is 9.18. The Balaban J connectivity index is 1.19. The number of rotatable bonds is 6. The summed E-state index contributed by atoms with van der Waals surface area (Å²) in [5.74, 6) is 3.23. The molecule has 3 heterocycles. The first-order valence-electron chi connectivity index (χ1n) is 8.88. The average molecular weight is 425 g/mol. The number of halogens is 1. The van der Waals surface area contributed by atoms with Crippen molar-refractivity contribution < 1.29 is 14.3 Å².